The van der Waals surface area contributed by atoms with Crippen LogP contribution in [0.5, 0.6) is 0 Å². The molecule has 2 aromatic carbocycles. The van der Waals surface area contributed by atoms with Gasteiger partial charge in [-0.3, -0.25) is 9.59 Å². The summed E-state index contributed by atoms with van der Waals surface area (Å²) in [6.07, 6.45) is 1.73. The monoisotopic (exact) mass is 408 g/mol. The number of carbonyl (C=O) groups excluding carboxylic acids is 2. The maximum Gasteiger partial charge on any atom is 0.243 e. The predicted molar refractivity (Wildman–Crippen MR) is 123 cm³/mol. The zero-order valence-electron chi connectivity index (χ0n) is 19.3. The Morgan fingerprint density at radius 3 is 2.10 bits per heavy atom. The first kappa shape index (κ1) is 23.7. The highest BCUT2D eigenvalue weighted by Crippen LogP contribution is 2.17. The summed E-state index contributed by atoms with van der Waals surface area (Å²) < 4.78 is 0. The number of hydrogen-bond donors (Lipinski definition) is 1. The lowest BCUT2D eigenvalue weighted by Crippen LogP contribution is -2.51. The van der Waals surface area contributed by atoms with Crippen LogP contribution in [0.25, 0.3) is 0 Å². The maximum absolute atomic E-state index is 13.4. The van der Waals surface area contributed by atoms with Crippen LogP contribution in [0.4, 0.5) is 0 Å². The summed E-state index contributed by atoms with van der Waals surface area (Å²) in [6, 6.07) is 13.9. The molecule has 2 atom stereocenters. The van der Waals surface area contributed by atoms with Gasteiger partial charge in [0.15, 0.2) is 0 Å². The summed E-state index contributed by atoms with van der Waals surface area (Å²) >= 11 is 0. The molecule has 0 spiro atoms. The lowest BCUT2D eigenvalue weighted by molar-refractivity contribution is -0.141. The van der Waals surface area contributed by atoms with Crippen molar-refractivity contribution in [3.8, 4) is 0 Å². The van der Waals surface area contributed by atoms with Gasteiger partial charge in [-0.25, -0.2) is 0 Å². The van der Waals surface area contributed by atoms with Crippen LogP contribution in [0.3, 0.4) is 0 Å². The van der Waals surface area contributed by atoms with E-state index in [2.05, 4.69) is 31.3 Å². The van der Waals surface area contributed by atoms with Crippen molar-refractivity contribution in [3.63, 3.8) is 0 Å². The molecule has 0 aliphatic rings. The van der Waals surface area contributed by atoms with Crippen molar-refractivity contribution >= 4 is 11.8 Å². The van der Waals surface area contributed by atoms with Crippen molar-refractivity contribution in [1.29, 1.82) is 0 Å². The Hall–Kier alpha value is -2.62. The second kappa shape index (κ2) is 11.0. The van der Waals surface area contributed by atoms with Crippen LogP contribution in [-0.2, 0) is 22.6 Å². The van der Waals surface area contributed by atoms with E-state index >= 15 is 0 Å². The van der Waals surface area contributed by atoms with Crippen LogP contribution in [0.15, 0.2) is 42.5 Å². The molecule has 2 amide bonds. The molecule has 2 aromatic rings. The highest BCUT2D eigenvalue weighted by atomic mass is 16.2. The first-order valence-corrected chi connectivity index (χ1v) is 11.0. The van der Waals surface area contributed by atoms with Crippen molar-refractivity contribution < 1.29 is 9.59 Å². The fourth-order valence-electron chi connectivity index (χ4n) is 3.44. The molecule has 0 aliphatic carbocycles. The number of amides is 2. The molecule has 0 bridgehead atoms. The molecular weight excluding hydrogens is 372 g/mol. The average molecular weight is 409 g/mol. The number of nitrogens with zero attached hydrogens (tertiary/aromatic N) is 1. The lowest BCUT2D eigenvalue weighted by Gasteiger charge is -2.31. The summed E-state index contributed by atoms with van der Waals surface area (Å²) in [6.45, 7) is 12.6. The van der Waals surface area contributed by atoms with Crippen LogP contribution < -0.4 is 5.32 Å². The van der Waals surface area contributed by atoms with E-state index in [4.69, 9.17) is 0 Å². The molecule has 0 fully saturated rings. The van der Waals surface area contributed by atoms with Gasteiger partial charge in [-0.05, 0) is 62.8 Å². The summed E-state index contributed by atoms with van der Waals surface area (Å²) in [5.41, 5.74) is 5.57. The Labute approximate surface area is 181 Å². The van der Waals surface area contributed by atoms with E-state index in [1.54, 1.807) is 4.90 Å². The number of aryl methyl sites for hydroxylation is 3. The zero-order chi connectivity index (χ0) is 22.3. The molecule has 0 saturated carbocycles. The molecule has 2 unspecified atom stereocenters. The third kappa shape index (κ3) is 6.45. The van der Waals surface area contributed by atoms with E-state index in [0.29, 0.717) is 19.4 Å². The lowest BCUT2D eigenvalue weighted by atomic mass is 10.0. The second-order valence-electron chi connectivity index (χ2n) is 8.34. The van der Waals surface area contributed by atoms with Gasteiger partial charge in [-0.2, -0.15) is 0 Å². The van der Waals surface area contributed by atoms with Gasteiger partial charge in [0.25, 0.3) is 0 Å². The molecule has 30 heavy (non-hydrogen) atoms. The van der Waals surface area contributed by atoms with Crippen molar-refractivity contribution in [3.05, 3.63) is 70.3 Å². The number of rotatable bonds is 9. The van der Waals surface area contributed by atoms with Gasteiger partial charge in [0.1, 0.15) is 6.04 Å². The normalized spacial score (nSPS) is 12.9. The van der Waals surface area contributed by atoms with Gasteiger partial charge in [-0.15, -0.1) is 0 Å². The Morgan fingerprint density at radius 1 is 0.900 bits per heavy atom. The van der Waals surface area contributed by atoms with E-state index in [9.17, 15) is 9.59 Å². The third-order valence-electron chi connectivity index (χ3n) is 5.79. The standard InChI is InChI=1S/C26H36N2O2/c1-7-21(6)27-26(30)24(8-2)28(17-22-12-9-18(3)10-13-22)25(29)16-23-14-11-19(4)20(5)15-23/h9-15,21,24H,7-8,16-17H2,1-6H3,(H,27,30). The Balaban J connectivity index is 2.30. The van der Waals surface area contributed by atoms with E-state index in [0.717, 1.165) is 17.5 Å². The van der Waals surface area contributed by atoms with E-state index in [1.807, 2.05) is 58.0 Å². The largest absolute Gasteiger partial charge is 0.352 e. The number of hydrogen-bond acceptors (Lipinski definition) is 2. The molecule has 162 valence electrons. The fourth-order valence-corrected chi connectivity index (χ4v) is 3.44. The SMILES string of the molecule is CCC(C)NC(=O)C(CC)N(Cc1ccc(C)cc1)C(=O)Cc1ccc(C)c(C)c1. The first-order valence-electron chi connectivity index (χ1n) is 11.0. The molecule has 0 aliphatic heterocycles. The van der Waals surface area contributed by atoms with Gasteiger partial charge in [-0.1, -0.05) is 61.9 Å². The molecule has 2 rings (SSSR count). The molecule has 0 aromatic heterocycles. The van der Waals surface area contributed by atoms with E-state index in [-0.39, 0.29) is 17.9 Å². The minimum absolute atomic E-state index is 0.0232. The Kier molecular flexibility index (Phi) is 8.64. The van der Waals surface area contributed by atoms with Crippen LogP contribution in [0.2, 0.25) is 0 Å². The topological polar surface area (TPSA) is 49.4 Å². The van der Waals surface area contributed by atoms with E-state index < -0.39 is 6.04 Å². The summed E-state index contributed by atoms with van der Waals surface area (Å²) in [5, 5.41) is 3.06. The van der Waals surface area contributed by atoms with Crippen LogP contribution in [0, 0.1) is 20.8 Å². The van der Waals surface area contributed by atoms with Gasteiger partial charge in [0, 0.05) is 12.6 Å². The second-order valence-corrected chi connectivity index (χ2v) is 8.34. The van der Waals surface area contributed by atoms with Crippen LogP contribution >= 0.6 is 0 Å². The number of carbonyl (C=O) groups is 2. The van der Waals surface area contributed by atoms with Crippen molar-refractivity contribution in [2.75, 3.05) is 0 Å². The predicted octanol–water partition coefficient (Wildman–Crippen LogP) is 4.88. The molecule has 4 heteroatoms. The summed E-state index contributed by atoms with van der Waals surface area (Å²) in [5.74, 6) is -0.0997. The van der Waals surface area contributed by atoms with Crippen molar-refractivity contribution in [1.82, 2.24) is 10.2 Å². The minimum atomic E-state index is -0.487. The highest BCUT2D eigenvalue weighted by molar-refractivity contribution is 5.88. The Bertz CT molecular complexity index is 858. The summed E-state index contributed by atoms with van der Waals surface area (Å²) in [7, 11) is 0. The Morgan fingerprint density at radius 2 is 1.53 bits per heavy atom. The van der Waals surface area contributed by atoms with Gasteiger partial charge < -0.3 is 10.2 Å². The van der Waals surface area contributed by atoms with E-state index in [1.165, 1.54) is 16.7 Å². The fraction of sp³-hybridized carbons (Fsp3) is 0.462. The average Bonchev–Trinajstić information content (AvgIpc) is 2.71. The smallest absolute Gasteiger partial charge is 0.243 e. The quantitative estimate of drug-likeness (QED) is 0.643. The molecule has 0 saturated heterocycles. The molecule has 0 heterocycles. The number of benzene rings is 2. The van der Waals surface area contributed by atoms with Gasteiger partial charge in [0.05, 0.1) is 6.42 Å². The van der Waals surface area contributed by atoms with Crippen molar-refractivity contribution in [2.45, 2.75) is 79.4 Å². The van der Waals surface area contributed by atoms with Crippen LogP contribution in [0.1, 0.15) is 61.4 Å². The van der Waals surface area contributed by atoms with Crippen LogP contribution in [-0.4, -0.2) is 28.8 Å². The first-order chi connectivity index (χ1) is 14.2. The highest BCUT2D eigenvalue weighted by Gasteiger charge is 2.29. The maximum atomic E-state index is 13.4. The number of nitrogens with one attached hydrogen (secondary N) is 1. The zero-order valence-corrected chi connectivity index (χ0v) is 19.3. The minimum Gasteiger partial charge on any atom is -0.352 e. The van der Waals surface area contributed by atoms with Gasteiger partial charge >= 0.3 is 0 Å². The molecule has 0 radical (unpaired) electrons. The summed E-state index contributed by atoms with van der Waals surface area (Å²) in [4.78, 5) is 28.1. The van der Waals surface area contributed by atoms with Crippen molar-refractivity contribution in [2.24, 2.45) is 0 Å². The molecular formula is C26H36N2O2. The molecule has 1 N–H and O–H groups in total. The molecule has 4 nitrogen and oxygen atoms in total. The third-order valence-corrected chi connectivity index (χ3v) is 5.79. The van der Waals surface area contributed by atoms with Gasteiger partial charge in [0.2, 0.25) is 11.8 Å².